The number of nitrogens with zero attached hydrogens (tertiary/aromatic N) is 2. The molecular formula is C21H22N2O5. The number of hydrogen-bond acceptors (Lipinski definition) is 7. The van der Waals surface area contributed by atoms with E-state index in [2.05, 4.69) is 4.98 Å². The summed E-state index contributed by atoms with van der Waals surface area (Å²) in [6.45, 7) is 4.05. The molecule has 1 aromatic carbocycles. The van der Waals surface area contributed by atoms with Gasteiger partial charge in [-0.05, 0) is 43.8 Å². The zero-order chi connectivity index (χ0) is 19.7. The highest BCUT2D eigenvalue weighted by atomic mass is 16.6. The SMILES string of the molecule is Cc1ncc(CN(C)CCO)c2cc(C(=O)c3ccc4c(c3)OCCO4)oc12. The summed E-state index contributed by atoms with van der Waals surface area (Å²) in [5.74, 6) is 1.25. The first-order chi connectivity index (χ1) is 13.6. The second-order valence-corrected chi connectivity index (χ2v) is 6.87. The third-order valence-electron chi connectivity index (χ3n) is 4.77. The number of likely N-dealkylation sites (N-methyl/N-ethyl adjacent to an activating group) is 1. The van der Waals surface area contributed by atoms with E-state index in [0.29, 0.717) is 48.9 Å². The van der Waals surface area contributed by atoms with Gasteiger partial charge in [-0.15, -0.1) is 0 Å². The van der Waals surface area contributed by atoms with Crippen molar-refractivity contribution < 1.29 is 23.8 Å². The molecule has 4 rings (SSSR count). The monoisotopic (exact) mass is 382 g/mol. The maximum Gasteiger partial charge on any atom is 0.228 e. The minimum Gasteiger partial charge on any atom is -0.486 e. The van der Waals surface area contributed by atoms with Crippen LogP contribution in [-0.4, -0.2) is 54.2 Å². The van der Waals surface area contributed by atoms with E-state index in [9.17, 15) is 4.79 Å². The fourth-order valence-corrected chi connectivity index (χ4v) is 3.31. The van der Waals surface area contributed by atoms with E-state index in [-0.39, 0.29) is 18.2 Å². The molecule has 0 amide bonds. The van der Waals surface area contributed by atoms with Crippen LogP contribution in [-0.2, 0) is 6.54 Å². The Bertz CT molecular complexity index is 1030. The van der Waals surface area contributed by atoms with Crippen molar-refractivity contribution in [2.24, 2.45) is 0 Å². The van der Waals surface area contributed by atoms with Crippen molar-refractivity contribution in [1.82, 2.24) is 9.88 Å². The lowest BCUT2D eigenvalue weighted by molar-refractivity contribution is 0.101. The summed E-state index contributed by atoms with van der Waals surface area (Å²) in [4.78, 5) is 19.4. The molecule has 0 unspecified atom stereocenters. The normalized spacial score (nSPS) is 13.3. The summed E-state index contributed by atoms with van der Waals surface area (Å²) in [6, 6.07) is 6.91. The standard InChI is InChI=1S/C21H22N2O5/c1-13-21-16(15(11-22-13)12-23(2)5-6-24)10-19(28-21)20(25)14-3-4-17-18(9-14)27-8-7-26-17/h3-4,9-11,24H,5-8,12H2,1-2H3. The summed E-state index contributed by atoms with van der Waals surface area (Å²) in [7, 11) is 1.92. The van der Waals surface area contributed by atoms with Crippen molar-refractivity contribution in [1.29, 1.82) is 0 Å². The van der Waals surface area contributed by atoms with Crippen LogP contribution in [0, 0.1) is 6.92 Å². The molecule has 3 aromatic rings. The van der Waals surface area contributed by atoms with Gasteiger partial charge in [-0.3, -0.25) is 14.7 Å². The van der Waals surface area contributed by atoms with Crippen LogP contribution < -0.4 is 9.47 Å². The van der Waals surface area contributed by atoms with Gasteiger partial charge in [0.25, 0.3) is 0 Å². The maximum atomic E-state index is 13.0. The maximum absolute atomic E-state index is 13.0. The van der Waals surface area contributed by atoms with Crippen LogP contribution in [0.1, 0.15) is 27.4 Å². The van der Waals surface area contributed by atoms with E-state index >= 15 is 0 Å². The smallest absolute Gasteiger partial charge is 0.228 e. The topological polar surface area (TPSA) is 85.0 Å². The fraction of sp³-hybridized carbons (Fsp3) is 0.333. The molecule has 0 bridgehead atoms. The van der Waals surface area contributed by atoms with Crippen molar-refractivity contribution in [2.45, 2.75) is 13.5 Å². The molecule has 1 aliphatic rings. The number of aliphatic hydroxyl groups is 1. The van der Waals surface area contributed by atoms with Crippen LogP contribution >= 0.6 is 0 Å². The lowest BCUT2D eigenvalue weighted by Crippen LogP contribution is -2.21. The molecule has 0 saturated heterocycles. The number of pyridine rings is 1. The second-order valence-electron chi connectivity index (χ2n) is 6.87. The van der Waals surface area contributed by atoms with Gasteiger partial charge >= 0.3 is 0 Å². The highest BCUT2D eigenvalue weighted by Gasteiger charge is 2.21. The Balaban J connectivity index is 1.69. The first-order valence-corrected chi connectivity index (χ1v) is 9.18. The van der Waals surface area contributed by atoms with E-state index in [0.717, 1.165) is 16.6 Å². The molecule has 146 valence electrons. The van der Waals surface area contributed by atoms with E-state index in [1.807, 2.05) is 18.9 Å². The summed E-state index contributed by atoms with van der Waals surface area (Å²) in [5.41, 5.74) is 2.76. The molecule has 2 aromatic heterocycles. The minimum atomic E-state index is -0.220. The number of ether oxygens (including phenoxy) is 2. The number of hydrogen-bond donors (Lipinski definition) is 1. The number of benzene rings is 1. The quantitative estimate of drug-likeness (QED) is 0.656. The van der Waals surface area contributed by atoms with E-state index in [1.54, 1.807) is 30.5 Å². The van der Waals surface area contributed by atoms with Gasteiger partial charge in [0.2, 0.25) is 5.78 Å². The van der Waals surface area contributed by atoms with Crippen molar-refractivity contribution in [3.63, 3.8) is 0 Å². The van der Waals surface area contributed by atoms with Gasteiger partial charge < -0.3 is 19.0 Å². The molecule has 1 N–H and O–H groups in total. The predicted octanol–water partition coefficient (Wildman–Crippen LogP) is 2.56. The fourth-order valence-electron chi connectivity index (χ4n) is 3.31. The van der Waals surface area contributed by atoms with Crippen LogP contribution in [0.3, 0.4) is 0 Å². The number of carbonyl (C=O) groups is 1. The molecule has 0 atom stereocenters. The predicted molar refractivity (Wildman–Crippen MR) is 103 cm³/mol. The third kappa shape index (κ3) is 3.46. The van der Waals surface area contributed by atoms with E-state index < -0.39 is 0 Å². The van der Waals surface area contributed by atoms with Gasteiger partial charge in [-0.25, -0.2) is 0 Å². The van der Waals surface area contributed by atoms with Gasteiger partial charge in [-0.2, -0.15) is 0 Å². The van der Waals surface area contributed by atoms with Crippen molar-refractivity contribution in [3.8, 4) is 11.5 Å². The van der Waals surface area contributed by atoms with Crippen LogP contribution in [0.4, 0.5) is 0 Å². The van der Waals surface area contributed by atoms with Crippen LogP contribution in [0.2, 0.25) is 0 Å². The molecule has 1 aliphatic heterocycles. The Hall–Kier alpha value is -2.90. The molecule has 7 heteroatoms. The van der Waals surface area contributed by atoms with Gasteiger partial charge in [0.15, 0.2) is 22.8 Å². The highest BCUT2D eigenvalue weighted by molar-refractivity contribution is 6.09. The third-order valence-corrected chi connectivity index (χ3v) is 4.77. The molecule has 0 aliphatic carbocycles. The van der Waals surface area contributed by atoms with E-state index in [1.165, 1.54) is 0 Å². The Labute approximate surface area is 162 Å². The van der Waals surface area contributed by atoms with Crippen molar-refractivity contribution in [3.05, 3.63) is 53.0 Å². The summed E-state index contributed by atoms with van der Waals surface area (Å²) >= 11 is 0. The molecule has 0 fully saturated rings. The van der Waals surface area contributed by atoms with Gasteiger partial charge in [-0.1, -0.05) is 0 Å². The zero-order valence-corrected chi connectivity index (χ0v) is 15.9. The van der Waals surface area contributed by atoms with Gasteiger partial charge in [0, 0.05) is 30.2 Å². The molecule has 0 radical (unpaired) electrons. The summed E-state index contributed by atoms with van der Waals surface area (Å²) in [5, 5.41) is 9.98. The van der Waals surface area contributed by atoms with E-state index in [4.69, 9.17) is 19.0 Å². The molecule has 3 heterocycles. The Morgan fingerprint density at radius 3 is 2.79 bits per heavy atom. The number of carbonyl (C=O) groups excluding carboxylic acids is 1. The highest BCUT2D eigenvalue weighted by Crippen LogP contribution is 2.32. The average molecular weight is 382 g/mol. The molecular weight excluding hydrogens is 360 g/mol. The number of aryl methyl sites for hydroxylation is 1. The Kier molecular flexibility index (Phi) is 5.02. The Morgan fingerprint density at radius 2 is 2.00 bits per heavy atom. The van der Waals surface area contributed by atoms with Crippen molar-refractivity contribution in [2.75, 3.05) is 33.4 Å². The van der Waals surface area contributed by atoms with Gasteiger partial charge in [0.05, 0.1) is 12.3 Å². The van der Waals surface area contributed by atoms with Crippen LogP contribution in [0.5, 0.6) is 11.5 Å². The number of ketones is 1. The van der Waals surface area contributed by atoms with Crippen molar-refractivity contribution >= 4 is 16.8 Å². The Morgan fingerprint density at radius 1 is 1.21 bits per heavy atom. The lowest BCUT2D eigenvalue weighted by atomic mass is 10.1. The summed E-state index contributed by atoms with van der Waals surface area (Å²) < 4.78 is 17.0. The molecule has 0 spiro atoms. The number of fused-ring (bicyclic) bond motifs is 2. The first kappa shape index (κ1) is 18.5. The van der Waals surface area contributed by atoms with Gasteiger partial charge in [0.1, 0.15) is 13.2 Å². The number of rotatable bonds is 6. The number of aromatic nitrogens is 1. The lowest BCUT2D eigenvalue weighted by Gasteiger charge is -2.18. The minimum absolute atomic E-state index is 0.0815. The first-order valence-electron chi connectivity index (χ1n) is 9.18. The van der Waals surface area contributed by atoms with Crippen LogP contribution in [0.15, 0.2) is 34.9 Å². The average Bonchev–Trinajstić information content (AvgIpc) is 3.16. The molecule has 7 nitrogen and oxygen atoms in total. The zero-order valence-electron chi connectivity index (χ0n) is 15.9. The molecule has 0 saturated carbocycles. The number of aliphatic hydroxyl groups excluding tert-OH is 1. The summed E-state index contributed by atoms with van der Waals surface area (Å²) in [6.07, 6.45) is 1.79. The number of furan rings is 1. The largest absolute Gasteiger partial charge is 0.486 e. The van der Waals surface area contributed by atoms with Crippen LogP contribution in [0.25, 0.3) is 11.0 Å². The second kappa shape index (κ2) is 7.61. The molecule has 28 heavy (non-hydrogen) atoms.